The molecule has 5 aromatic rings. The van der Waals surface area contributed by atoms with E-state index in [-0.39, 0.29) is 53.1 Å². The molecule has 3 aromatic carbocycles. The van der Waals surface area contributed by atoms with Crippen LogP contribution in [-0.2, 0) is 20.2 Å². The van der Waals surface area contributed by atoms with Gasteiger partial charge in [0.1, 0.15) is 23.3 Å². The number of nitrogens with zero attached hydrogens (tertiary/aromatic N) is 4. The van der Waals surface area contributed by atoms with Gasteiger partial charge in [-0.2, -0.15) is 8.78 Å². The predicted octanol–water partition coefficient (Wildman–Crippen LogP) is 9.25. The van der Waals surface area contributed by atoms with Crippen LogP contribution in [-0.4, -0.2) is 79.2 Å². The lowest BCUT2D eigenvalue weighted by Gasteiger charge is -2.35. The van der Waals surface area contributed by atoms with Gasteiger partial charge in [-0.25, -0.2) is 19.6 Å². The average molecular weight is 806 g/mol. The number of amides is 3. The van der Waals surface area contributed by atoms with Crippen LogP contribution in [0.15, 0.2) is 60.8 Å². The molecular formula is C45H49F2N7O5. The van der Waals surface area contributed by atoms with E-state index in [1.54, 1.807) is 29.3 Å². The first-order chi connectivity index (χ1) is 28.1. The van der Waals surface area contributed by atoms with Gasteiger partial charge in [0.25, 0.3) is 5.92 Å². The highest BCUT2D eigenvalue weighted by molar-refractivity contribution is 5.88. The number of likely N-dealkylation sites (tertiary alicyclic amines) is 2. The Morgan fingerprint density at radius 1 is 0.915 bits per heavy atom. The Hall–Kier alpha value is -5.79. The van der Waals surface area contributed by atoms with E-state index < -0.39 is 23.7 Å². The summed E-state index contributed by atoms with van der Waals surface area (Å²) in [7, 11) is 1.26. The Morgan fingerprint density at radius 2 is 1.61 bits per heavy atom. The Balaban J connectivity index is 0.955. The minimum Gasteiger partial charge on any atom is -0.453 e. The highest BCUT2D eigenvalue weighted by atomic mass is 19.3. The first-order valence-electron chi connectivity index (χ1n) is 20.5. The van der Waals surface area contributed by atoms with Crippen molar-refractivity contribution in [3.8, 4) is 33.5 Å². The number of fused-ring (bicyclic) bond motifs is 6. The maximum absolute atomic E-state index is 16.5. The monoisotopic (exact) mass is 805 g/mol. The molecule has 0 radical (unpaired) electrons. The van der Waals surface area contributed by atoms with Crippen LogP contribution >= 0.6 is 0 Å². The van der Waals surface area contributed by atoms with Crippen molar-refractivity contribution in [2.45, 2.75) is 102 Å². The van der Waals surface area contributed by atoms with Gasteiger partial charge in [-0.05, 0) is 111 Å². The van der Waals surface area contributed by atoms with Crippen molar-refractivity contribution in [2.75, 3.05) is 13.7 Å². The summed E-state index contributed by atoms with van der Waals surface area (Å²) in [6.07, 6.45) is 4.93. The number of carbonyl (C=O) groups is 3. The maximum atomic E-state index is 16.5. The van der Waals surface area contributed by atoms with Gasteiger partial charge in [0.15, 0.2) is 0 Å². The minimum atomic E-state index is -3.26. The van der Waals surface area contributed by atoms with Crippen molar-refractivity contribution in [1.29, 1.82) is 0 Å². The molecule has 4 heterocycles. The van der Waals surface area contributed by atoms with E-state index in [0.29, 0.717) is 52.6 Å². The minimum absolute atomic E-state index is 0.0618. The van der Waals surface area contributed by atoms with Crippen LogP contribution in [0.4, 0.5) is 18.4 Å². The summed E-state index contributed by atoms with van der Waals surface area (Å²) < 4.78 is 43.6. The number of piperidine rings is 1. The number of nitrogens with one attached hydrogen (secondary N) is 3. The summed E-state index contributed by atoms with van der Waals surface area (Å²) in [6.45, 7) is 9.82. The van der Waals surface area contributed by atoms with Crippen LogP contribution in [0.25, 0.3) is 44.5 Å². The van der Waals surface area contributed by atoms with Gasteiger partial charge in [0, 0.05) is 29.3 Å². The lowest BCUT2D eigenvalue weighted by atomic mass is 9.98. The zero-order valence-corrected chi connectivity index (χ0v) is 34.1. The number of alkyl carbamates (subject to hydrolysis) is 1. The van der Waals surface area contributed by atoms with E-state index >= 15 is 8.78 Å². The lowest BCUT2D eigenvalue weighted by molar-refractivity contribution is -0.135. The number of alkyl halides is 2. The van der Waals surface area contributed by atoms with Gasteiger partial charge in [-0.1, -0.05) is 44.2 Å². The molecule has 4 aliphatic rings. The fraction of sp³-hybridized carbons (Fsp3) is 0.444. The zero-order chi connectivity index (χ0) is 41.5. The number of hydrogen-bond donors (Lipinski definition) is 3. The molecule has 2 bridgehead atoms. The molecular weight excluding hydrogens is 757 g/mol. The van der Waals surface area contributed by atoms with Crippen molar-refractivity contribution in [2.24, 2.45) is 11.8 Å². The number of methoxy groups -OCH3 is 1. The first kappa shape index (κ1) is 38.7. The number of aromatic nitrogens is 4. The van der Waals surface area contributed by atoms with E-state index in [4.69, 9.17) is 14.5 Å². The molecule has 2 aliphatic carbocycles. The Morgan fingerprint density at radius 3 is 2.32 bits per heavy atom. The molecule has 3 amide bonds. The Bertz CT molecular complexity index is 2490. The van der Waals surface area contributed by atoms with E-state index in [9.17, 15) is 14.4 Å². The smallest absolute Gasteiger partial charge is 0.411 e. The molecule has 3 N–H and O–H groups in total. The third-order valence-corrected chi connectivity index (χ3v) is 12.5. The molecule has 5 atom stereocenters. The second kappa shape index (κ2) is 14.2. The van der Waals surface area contributed by atoms with Crippen molar-refractivity contribution >= 4 is 29.1 Å². The summed E-state index contributed by atoms with van der Waals surface area (Å²) >= 11 is 0. The molecule has 2 saturated heterocycles. The van der Waals surface area contributed by atoms with Crippen LogP contribution < -0.4 is 5.32 Å². The third kappa shape index (κ3) is 6.70. The molecule has 2 aromatic heterocycles. The molecule has 12 nitrogen and oxygen atoms in total. The van der Waals surface area contributed by atoms with Crippen LogP contribution in [0.2, 0.25) is 0 Å². The van der Waals surface area contributed by atoms with Crippen LogP contribution in [0.3, 0.4) is 0 Å². The molecule has 0 spiro atoms. The van der Waals surface area contributed by atoms with Gasteiger partial charge >= 0.3 is 12.2 Å². The highest BCUT2D eigenvalue weighted by Gasteiger charge is 2.51. The normalized spacial score (nSPS) is 22.2. The maximum Gasteiger partial charge on any atom is 0.411 e. The predicted molar refractivity (Wildman–Crippen MR) is 217 cm³/mol. The van der Waals surface area contributed by atoms with Gasteiger partial charge < -0.3 is 29.7 Å². The van der Waals surface area contributed by atoms with Gasteiger partial charge in [-0.3, -0.25) is 9.69 Å². The van der Waals surface area contributed by atoms with E-state index in [2.05, 4.69) is 20.3 Å². The number of halogens is 2. The summed E-state index contributed by atoms with van der Waals surface area (Å²) in [5, 5.41) is 2.66. The highest BCUT2D eigenvalue weighted by Crippen LogP contribution is 2.53. The second-order valence-corrected chi connectivity index (χ2v) is 17.7. The molecule has 308 valence electrons. The van der Waals surface area contributed by atoms with Crippen molar-refractivity contribution in [3.63, 3.8) is 0 Å². The topological polar surface area (TPSA) is 146 Å². The van der Waals surface area contributed by atoms with Crippen molar-refractivity contribution in [1.82, 2.24) is 35.1 Å². The Labute approximate surface area is 341 Å². The van der Waals surface area contributed by atoms with Crippen molar-refractivity contribution < 1.29 is 32.6 Å². The number of H-pyrrole nitrogens is 2. The first-order valence-corrected chi connectivity index (χ1v) is 20.5. The molecule has 9 rings (SSSR count). The number of hydrogen-bond acceptors (Lipinski definition) is 7. The lowest BCUT2D eigenvalue weighted by Crippen LogP contribution is -2.51. The summed E-state index contributed by atoms with van der Waals surface area (Å²) in [4.78, 5) is 58.8. The SMILES string of the molecule is COC(=O)NC(C(=O)N1CCC[C@H]1c1ncc(-c2ccc3c(c2)C(F)(F)c2cc(-c4ccc5nc([C@@H]6[C@H]7CC[C@H](C7)N6C(=O)OC(C)(C)C)[nH]c5c4)ccc2-3)[nH]1)C(C)C. The summed E-state index contributed by atoms with van der Waals surface area (Å²) in [6, 6.07) is 14.8. The zero-order valence-electron chi connectivity index (χ0n) is 34.1. The number of imidazole rings is 2. The standard InChI is InChI=1S/C45H49F2N7O5/c1-23(2)37(52-42(56)58-6)41(55)53-17-7-8-36(53)39-48-22-35(51-39)26-11-15-30-29-14-10-24(19-31(29)45(46,47)32(30)20-26)25-12-16-33-34(21-25)50-40(49-33)38-27-9-13-28(18-27)54(38)43(57)59-44(3,4)5/h10-12,14-16,19-23,27-28,36-38H,7-9,13,17-18H2,1-6H3,(H,48,51)(H,49,50)(H,52,56)/t27-,28+,36-,37?,38-/m0/s1. The van der Waals surface area contributed by atoms with E-state index in [1.165, 1.54) is 13.2 Å². The van der Waals surface area contributed by atoms with Gasteiger partial charge in [-0.15, -0.1) is 0 Å². The number of aromatic amines is 2. The number of ether oxygens (including phenoxy) is 2. The summed E-state index contributed by atoms with van der Waals surface area (Å²) in [5.41, 5.74) is 4.25. The molecule has 1 saturated carbocycles. The fourth-order valence-electron chi connectivity index (χ4n) is 9.68. The Kier molecular flexibility index (Phi) is 9.31. The van der Waals surface area contributed by atoms with Crippen LogP contribution in [0.1, 0.15) is 102 Å². The van der Waals surface area contributed by atoms with E-state index in [1.807, 2.05) is 69.9 Å². The van der Waals surface area contributed by atoms with E-state index in [0.717, 1.165) is 42.3 Å². The van der Waals surface area contributed by atoms with Gasteiger partial charge in [0.05, 0.1) is 42.1 Å². The van der Waals surface area contributed by atoms with Crippen molar-refractivity contribution in [3.05, 3.63) is 83.6 Å². The quantitative estimate of drug-likeness (QED) is 0.149. The molecule has 3 fully saturated rings. The molecule has 59 heavy (non-hydrogen) atoms. The molecule has 1 unspecified atom stereocenters. The van der Waals surface area contributed by atoms with Gasteiger partial charge in [0.2, 0.25) is 5.91 Å². The fourth-order valence-corrected chi connectivity index (χ4v) is 9.68. The second-order valence-electron chi connectivity index (χ2n) is 17.7. The average Bonchev–Trinajstić information content (AvgIpc) is 4.06. The number of rotatable bonds is 7. The third-order valence-electron chi connectivity index (χ3n) is 12.5. The largest absolute Gasteiger partial charge is 0.453 e. The van der Waals surface area contributed by atoms with Crippen LogP contribution in [0, 0.1) is 11.8 Å². The number of carbonyl (C=O) groups excluding carboxylic acids is 3. The molecule has 2 aliphatic heterocycles. The van der Waals surface area contributed by atoms with Crippen LogP contribution in [0.5, 0.6) is 0 Å². The number of benzene rings is 3. The summed E-state index contributed by atoms with van der Waals surface area (Å²) in [5.74, 6) is -2.09. The molecule has 14 heteroatoms.